The smallest absolute Gasteiger partial charge is 0.160 e. The van der Waals surface area contributed by atoms with Crippen LogP contribution >= 0.6 is 23.2 Å². The Morgan fingerprint density at radius 2 is 1.65 bits per heavy atom. The van der Waals surface area contributed by atoms with Crippen LogP contribution in [-0.2, 0) is 0 Å². The fourth-order valence-corrected chi connectivity index (χ4v) is 2.68. The number of hydrogen-bond donors (Lipinski definition) is 3. The molecule has 0 saturated heterocycles. The zero-order chi connectivity index (χ0) is 16.6. The third kappa shape index (κ3) is 3.04. The molecule has 6 heteroatoms. The molecule has 2 aromatic carbocycles. The van der Waals surface area contributed by atoms with Gasteiger partial charge in [-0.1, -0.05) is 23.2 Å². The van der Waals surface area contributed by atoms with E-state index in [-0.39, 0.29) is 22.3 Å². The van der Waals surface area contributed by atoms with Gasteiger partial charge in [0.15, 0.2) is 5.75 Å². The monoisotopic (exact) mass is 347 g/mol. The van der Waals surface area contributed by atoms with Crippen LogP contribution < -0.4 is 0 Å². The highest BCUT2D eigenvalue weighted by atomic mass is 35.5. The molecule has 0 radical (unpaired) electrons. The van der Waals surface area contributed by atoms with Gasteiger partial charge in [-0.05, 0) is 42.5 Å². The van der Waals surface area contributed by atoms with Gasteiger partial charge in [0.1, 0.15) is 17.0 Å². The standard InChI is InChI=1S/C17H11Cl2NO3/c18-13-8-14(19)17(23)16-12(13)6-4-10(20-16)3-1-9-2-5-11(21)7-15(9)22/h1-8,21-23H/b3-1+. The van der Waals surface area contributed by atoms with Crippen molar-refractivity contribution in [1.29, 1.82) is 0 Å². The van der Waals surface area contributed by atoms with E-state index in [9.17, 15) is 15.3 Å². The van der Waals surface area contributed by atoms with Gasteiger partial charge in [0, 0.05) is 17.0 Å². The predicted molar refractivity (Wildman–Crippen MR) is 92.1 cm³/mol. The summed E-state index contributed by atoms with van der Waals surface area (Å²) in [6.07, 6.45) is 3.31. The zero-order valence-corrected chi connectivity index (χ0v) is 13.2. The first-order chi connectivity index (χ1) is 11.0. The molecule has 0 aliphatic rings. The van der Waals surface area contributed by atoms with E-state index in [0.29, 0.717) is 27.2 Å². The maximum Gasteiger partial charge on any atom is 0.160 e. The number of phenolic OH excluding ortho intramolecular Hbond substituents is 3. The molecule has 0 aliphatic carbocycles. The number of aromatic nitrogens is 1. The van der Waals surface area contributed by atoms with Crippen LogP contribution in [0, 0.1) is 0 Å². The summed E-state index contributed by atoms with van der Waals surface area (Å²) in [5.74, 6) is -0.192. The Morgan fingerprint density at radius 3 is 2.39 bits per heavy atom. The summed E-state index contributed by atoms with van der Waals surface area (Å²) in [5.41, 5.74) is 1.39. The van der Waals surface area contributed by atoms with Gasteiger partial charge in [-0.15, -0.1) is 0 Å². The van der Waals surface area contributed by atoms with Crippen molar-refractivity contribution in [3.8, 4) is 17.2 Å². The molecule has 4 nitrogen and oxygen atoms in total. The maximum atomic E-state index is 10.0. The van der Waals surface area contributed by atoms with Gasteiger partial charge in [0.2, 0.25) is 0 Å². The van der Waals surface area contributed by atoms with Crippen molar-refractivity contribution in [3.05, 3.63) is 57.7 Å². The number of hydrogen-bond acceptors (Lipinski definition) is 4. The Kier molecular flexibility index (Phi) is 4.03. The van der Waals surface area contributed by atoms with Gasteiger partial charge < -0.3 is 15.3 Å². The minimum Gasteiger partial charge on any atom is -0.508 e. The summed E-state index contributed by atoms with van der Waals surface area (Å²) >= 11 is 12.0. The number of benzene rings is 2. The number of pyridine rings is 1. The lowest BCUT2D eigenvalue weighted by Gasteiger charge is -2.06. The molecule has 3 aromatic rings. The number of phenols is 3. The summed E-state index contributed by atoms with van der Waals surface area (Å²) < 4.78 is 0. The highest BCUT2D eigenvalue weighted by molar-refractivity contribution is 6.39. The lowest BCUT2D eigenvalue weighted by Crippen LogP contribution is -1.86. The molecule has 1 aromatic heterocycles. The van der Waals surface area contributed by atoms with Gasteiger partial charge >= 0.3 is 0 Å². The predicted octanol–water partition coefficient (Wildman–Crippen LogP) is 4.83. The van der Waals surface area contributed by atoms with Crippen molar-refractivity contribution in [2.75, 3.05) is 0 Å². The minimum absolute atomic E-state index is 0.0160. The van der Waals surface area contributed by atoms with Crippen LogP contribution in [0.3, 0.4) is 0 Å². The Morgan fingerprint density at radius 1 is 0.870 bits per heavy atom. The van der Waals surface area contributed by atoms with Crippen LogP contribution in [0.15, 0.2) is 36.4 Å². The number of rotatable bonds is 2. The summed E-state index contributed by atoms with van der Waals surface area (Å²) in [6.45, 7) is 0. The molecule has 23 heavy (non-hydrogen) atoms. The van der Waals surface area contributed by atoms with Gasteiger partial charge in [0.05, 0.1) is 15.7 Å². The van der Waals surface area contributed by atoms with Crippen LogP contribution in [0.25, 0.3) is 23.1 Å². The highest BCUT2D eigenvalue weighted by Crippen LogP contribution is 2.36. The fraction of sp³-hybridized carbons (Fsp3) is 0. The van der Waals surface area contributed by atoms with Gasteiger partial charge in [-0.25, -0.2) is 4.98 Å². The van der Waals surface area contributed by atoms with Crippen LogP contribution in [0.4, 0.5) is 0 Å². The number of aromatic hydroxyl groups is 3. The Balaban J connectivity index is 2.04. The van der Waals surface area contributed by atoms with Gasteiger partial charge in [0.25, 0.3) is 0 Å². The molecule has 0 saturated carbocycles. The SMILES string of the molecule is Oc1ccc(/C=C/c2ccc3c(Cl)cc(Cl)c(O)c3n2)c(O)c1. The first kappa shape index (κ1) is 15.5. The van der Waals surface area contributed by atoms with Crippen LogP contribution in [0.2, 0.25) is 10.0 Å². The number of fused-ring (bicyclic) bond motifs is 1. The topological polar surface area (TPSA) is 73.6 Å². The van der Waals surface area contributed by atoms with Crippen molar-refractivity contribution in [1.82, 2.24) is 4.98 Å². The Labute approximate surface area is 141 Å². The molecule has 3 rings (SSSR count). The molecule has 0 spiro atoms. The molecule has 0 fully saturated rings. The molecule has 3 N–H and O–H groups in total. The zero-order valence-electron chi connectivity index (χ0n) is 11.7. The molecule has 0 aliphatic heterocycles. The van der Waals surface area contributed by atoms with E-state index in [2.05, 4.69) is 4.98 Å². The summed E-state index contributed by atoms with van der Waals surface area (Å²) in [4.78, 5) is 4.32. The molecular weight excluding hydrogens is 337 g/mol. The first-order valence-electron chi connectivity index (χ1n) is 6.63. The normalized spacial score (nSPS) is 11.4. The van der Waals surface area contributed by atoms with Gasteiger partial charge in [-0.2, -0.15) is 0 Å². The molecule has 0 unspecified atom stereocenters. The van der Waals surface area contributed by atoms with Crippen LogP contribution in [-0.4, -0.2) is 20.3 Å². The summed E-state index contributed by atoms with van der Waals surface area (Å²) in [7, 11) is 0. The summed E-state index contributed by atoms with van der Waals surface area (Å²) in [5, 5.41) is 30.2. The van der Waals surface area contributed by atoms with E-state index >= 15 is 0 Å². The second kappa shape index (κ2) is 5.99. The average molecular weight is 348 g/mol. The molecular formula is C17H11Cl2NO3. The third-order valence-corrected chi connectivity index (χ3v) is 3.93. The third-order valence-electron chi connectivity index (χ3n) is 3.33. The van der Waals surface area contributed by atoms with Crippen molar-refractivity contribution in [3.63, 3.8) is 0 Å². The lowest BCUT2D eigenvalue weighted by atomic mass is 10.1. The van der Waals surface area contributed by atoms with E-state index in [1.807, 2.05) is 0 Å². The fourth-order valence-electron chi connectivity index (χ4n) is 2.16. The second-order valence-corrected chi connectivity index (χ2v) is 5.71. The number of halogens is 2. The summed E-state index contributed by atoms with van der Waals surface area (Å²) in [6, 6.07) is 9.23. The molecule has 0 atom stereocenters. The van der Waals surface area contributed by atoms with Crippen molar-refractivity contribution >= 4 is 46.3 Å². The molecule has 0 amide bonds. The maximum absolute atomic E-state index is 10.0. The first-order valence-corrected chi connectivity index (χ1v) is 7.39. The quantitative estimate of drug-likeness (QED) is 0.620. The molecule has 116 valence electrons. The van der Waals surface area contributed by atoms with E-state index in [4.69, 9.17) is 23.2 Å². The van der Waals surface area contributed by atoms with Gasteiger partial charge in [-0.3, -0.25) is 0 Å². The highest BCUT2D eigenvalue weighted by Gasteiger charge is 2.10. The van der Waals surface area contributed by atoms with E-state index < -0.39 is 0 Å². The van der Waals surface area contributed by atoms with Crippen LogP contribution in [0.1, 0.15) is 11.3 Å². The van der Waals surface area contributed by atoms with E-state index in [0.717, 1.165) is 0 Å². The largest absolute Gasteiger partial charge is 0.508 e. The van der Waals surface area contributed by atoms with Crippen molar-refractivity contribution in [2.24, 2.45) is 0 Å². The van der Waals surface area contributed by atoms with Crippen molar-refractivity contribution < 1.29 is 15.3 Å². The van der Waals surface area contributed by atoms with Crippen molar-refractivity contribution in [2.45, 2.75) is 0 Å². The second-order valence-electron chi connectivity index (χ2n) is 4.90. The lowest BCUT2D eigenvalue weighted by molar-refractivity contribution is 0.450. The minimum atomic E-state index is -0.131. The van der Waals surface area contributed by atoms with E-state index in [1.165, 1.54) is 18.2 Å². The van der Waals surface area contributed by atoms with Crippen LogP contribution in [0.5, 0.6) is 17.2 Å². The average Bonchev–Trinajstić information content (AvgIpc) is 2.52. The Bertz CT molecular complexity index is 939. The Hall–Kier alpha value is -2.43. The number of nitrogens with zero attached hydrogens (tertiary/aromatic N) is 1. The van der Waals surface area contributed by atoms with E-state index in [1.54, 1.807) is 30.4 Å². The molecule has 0 bridgehead atoms. The molecule has 1 heterocycles.